The standard InChI is InChI=1S/C14H21N3O3/c1-14(2,3)20-13(19)11-5-4-8-17(11)12(18)9-10-6-7-15-16-10/h6-7,11H,4-5,8-9H2,1-3H3,(H,15,16)/t11-/m0/s1. The highest BCUT2D eigenvalue weighted by molar-refractivity contribution is 5.86. The molecular formula is C14H21N3O3. The third-order valence-electron chi connectivity index (χ3n) is 3.15. The van der Waals surface area contributed by atoms with Crippen molar-refractivity contribution in [2.45, 2.75) is 51.7 Å². The molecule has 0 radical (unpaired) electrons. The second kappa shape index (κ2) is 5.64. The monoisotopic (exact) mass is 279 g/mol. The van der Waals surface area contributed by atoms with Crippen LogP contribution in [0.3, 0.4) is 0 Å². The van der Waals surface area contributed by atoms with Gasteiger partial charge in [-0.05, 0) is 39.7 Å². The van der Waals surface area contributed by atoms with Gasteiger partial charge in [-0.2, -0.15) is 5.10 Å². The smallest absolute Gasteiger partial charge is 0.329 e. The summed E-state index contributed by atoms with van der Waals surface area (Å²) in [5, 5.41) is 6.58. The van der Waals surface area contributed by atoms with Crippen molar-refractivity contribution in [1.82, 2.24) is 15.1 Å². The van der Waals surface area contributed by atoms with Crippen LogP contribution in [0.5, 0.6) is 0 Å². The number of likely N-dealkylation sites (tertiary alicyclic amines) is 1. The molecule has 1 amide bonds. The summed E-state index contributed by atoms with van der Waals surface area (Å²) in [6.07, 6.45) is 3.35. The van der Waals surface area contributed by atoms with Crippen molar-refractivity contribution in [2.24, 2.45) is 0 Å². The molecular weight excluding hydrogens is 258 g/mol. The van der Waals surface area contributed by atoms with Gasteiger partial charge >= 0.3 is 5.97 Å². The van der Waals surface area contributed by atoms with Gasteiger partial charge in [0, 0.05) is 18.4 Å². The van der Waals surface area contributed by atoms with Crippen LogP contribution in [0, 0.1) is 0 Å². The maximum atomic E-state index is 12.3. The average molecular weight is 279 g/mol. The highest BCUT2D eigenvalue weighted by Gasteiger charge is 2.36. The Kier molecular flexibility index (Phi) is 4.11. The number of ether oxygens (including phenoxy) is 1. The minimum Gasteiger partial charge on any atom is -0.458 e. The Labute approximate surface area is 118 Å². The van der Waals surface area contributed by atoms with Crippen LogP contribution in [0.1, 0.15) is 39.3 Å². The fraction of sp³-hybridized carbons (Fsp3) is 0.643. The molecule has 6 heteroatoms. The Morgan fingerprint density at radius 1 is 1.50 bits per heavy atom. The number of H-pyrrole nitrogens is 1. The molecule has 2 rings (SSSR count). The lowest BCUT2D eigenvalue weighted by Gasteiger charge is -2.27. The van der Waals surface area contributed by atoms with Crippen LogP contribution in [-0.4, -0.2) is 45.2 Å². The van der Waals surface area contributed by atoms with Crippen LogP contribution in [0.15, 0.2) is 12.3 Å². The van der Waals surface area contributed by atoms with Crippen molar-refractivity contribution < 1.29 is 14.3 Å². The first-order chi connectivity index (χ1) is 9.37. The number of amides is 1. The maximum Gasteiger partial charge on any atom is 0.329 e. The van der Waals surface area contributed by atoms with Crippen molar-refractivity contribution in [3.63, 3.8) is 0 Å². The van der Waals surface area contributed by atoms with Gasteiger partial charge in [0.1, 0.15) is 11.6 Å². The van der Waals surface area contributed by atoms with E-state index < -0.39 is 11.6 Å². The first-order valence-corrected chi connectivity index (χ1v) is 6.87. The van der Waals surface area contributed by atoms with Crippen LogP contribution in [0.4, 0.5) is 0 Å². The lowest BCUT2D eigenvalue weighted by Crippen LogP contribution is -2.44. The Hall–Kier alpha value is -1.85. The van der Waals surface area contributed by atoms with Gasteiger partial charge in [-0.15, -0.1) is 0 Å². The summed E-state index contributed by atoms with van der Waals surface area (Å²) >= 11 is 0. The van der Waals surface area contributed by atoms with E-state index in [1.807, 2.05) is 20.8 Å². The number of nitrogens with zero attached hydrogens (tertiary/aromatic N) is 2. The summed E-state index contributed by atoms with van der Waals surface area (Å²) in [5.74, 6) is -0.379. The first kappa shape index (κ1) is 14.6. The number of hydrogen-bond donors (Lipinski definition) is 1. The quantitative estimate of drug-likeness (QED) is 0.846. The molecule has 0 aromatic carbocycles. The Morgan fingerprint density at radius 2 is 2.25 bits per heavy atom. The summed E-state index contributed by atoms with van der Waals surface area (Å²) in [5.41, 5.74) is 0.224. The Morgan fingerprint density at radius 3 is 2.85 bits per heavy atom. The Balaban J connectivity index is 1.99. The summed E-state index contributed by atoms with van der Waals surface area (Å²) in [6.45, 7) is 6.10. The molecule has 1 aliphatic heterocycles. The van der Waals surface area contributed by atoms with E-state index in [0.29, 0.717) is 13.0 Å². The van der Waals surface area contributed by atoms with E-state index in [4.69, 9.17) is 4.74 Å². The van der Waals surface area contributed by atoms with E-state index in [1.54, 1.807) is 17.2 Å². The molecule has 110 valence electrons. The summed E-state index contributed by atoms with van der Waals surface area (Å²) in [7, 11) is 0. The molecule has 0 unspecified atom stereocenters. The van der Waals surface area contributed by atoms with Crippen LogP contribution in [-0.2, 0) is 20.7 Å². The van der Waals surface area contributed by atoms with E-state index >= 15 is 0 Å². The number of aromatic nitrogens is 2. The minimum absolute atomic E-state index is 0.0670. The SMILES string of the molecule is CC(C)(C)OC(=O)[C@@H]1CCCN1C(=O)Cc1ccn[nH]1. The molecule has 1 aromatic rings. The summed E-state index contributed by atoms with van der Waals surface area (Å²) < 4.78 is 5.38. The van der Waals surface area contributed by atoms with Crippen LogP contribution < -0.4 is 0 Å². The normalized spacial score (nSPS) is 19.1. The molecule has 0 aliphatic carbocycles. The van der Waals surface area contributed by atoms with E-state index in [9.17, 15) is 9.59 Å². The maximum absolute atomic E-state index is 12.3. The molecule has 1 aromatic heterocycles. The minimum atomic E-state index is -0.530. The van der Waals surface area contributed by atoms with Gasteiger partial charge in [0.2, 0.25) is 5.91 Å². The topological polar surface area (TPSA) is 75.3 Å². The van der Waals surface area contributed by atoms with E-state index in [0.717, 1.165) is 12.1 Å². The van der Waals surface area contributed by atoms with Crippen LogP contribution >= 0.6 is 0 Å². The van der Waals surface area contributed by atoms with Gasteiger partial charge in [0.25, 0.3) is 0 Å². The zero-order chi connectivity index (χ0) is 14.8. The molecule has 0 saturated carbocycles. The first-order valence-electron chi connectivity index (χ1n) is 6.87. The van der Waals surface area contributed by atoms with E-state index in [1.165, 1.54) is 0 Å². The average Bonchev–Trinajstić information content (AvgIpc) is 2.96. The highest BCUT2D eigenvalue weighted by Crippen LogP contribution is 2.22. The number of hydrogen-bond acceptors (Lipinski definition) is 4. The van der Waals surface area contributed by atoms with Gasteiger partial charge in [0.15, 0.2) is 0 Å². The van der Waals surface area contributed by atoms with Gasteiger partial charge < -0.3 is 9.64 Å². The molecule has 0 spiro atoms. The molecule has 1 fully saturated rings. The summed E-state index contributed by atoms with van der Waals surface area (Å²) in [4.78, 5) is 26.0. The van der Waals surface area contributed by atoms with Gasteiger partial charge in [-0.1, -0.05) is 0 Å². The second-order valence-electron chi connectivity index (χ2n) is 6.04. The molecule has 0 bridgehead atoms. The number of rotatable bonds is 3. The van der Waals surface area contributed by atoms with Gasteiger partial charge in [0.05, 0.1) is 6.42 Å². The van der Waals surface area contributed by atoms with Gasteiger partial charge in [-0.3, -0.25) is 9.89 Å². The second-order valence-corrected chi connectivity index (χ2v) is 6.04. The number of nitrogens with one attached hydrogen (secondary N) is 1. The molecule has 20 heavy (non-hydrogen) atoms. The van der Waals surface area contributed by atoms with Crippen LogP contribution in [0.2, 0.25) is 0 Å². The molecule has 1 aliphatic rings. The van der Waals surface area contributed by atoms with Crippen molar-refractivity contribution in [3.05, 3.63) is 18.0 Å². The molecule has 1 saturated heterocycles. The predicted molar refractivity (Wildman–Crippen MR) is 72.9 cm³/mol. The third-order valence-corrected chi connectivity index (χ3v) is 3.15. The third kappa shape index (κ3) is 3.59. The van der Waals surface area contributed by atoms with E-state index in [-0.39, 0.29) is 18.3 Å². The molecule has 6 nitrogen and oxygen atoms in total. The molecule has 1 atom stereocenters. The number of esters is 1. The fourth-order valence-corrected chi connectivity index (χ4v) is 2.33. The lowest BCUT2D eigenvalue weighted by atomic mass is 10.1. The lowest BCUT2D eigenvalue weighted by molar-refractivity contribution is -0.163. The predicted octanol–water partition coefficient (Wildman–Crippen LogP) is 1.28. The van der Waals surface area contributed by atoms with E-state index in [2.05, 4.69) is 10.2 Å². The van der Waals surface area contributed by atoms with Crippen molar-refractivity contribution in [3.8, 4) is 0 Å². The fourth-order valence-electron chi connectivity index (χ4n) is 2.33. The zero-order valence-electron chi connectivity index (χ0n) is 12.2. The largest absolute Gasteiger partial charge is 0.458 e. The molecule has 2 heterocycles. The highest BCUT2D eigenvalue weighted by atomic mass is 16.6. The molecule has 1 N–H and O–H groups in total. The number of aromatic amines is 1. The number of carbonyl (C=O) groups excluding carboxylic acids is 2. The van der Waals surface area contributed by atoms with Crippen molar-refractivity contribution in [2.75, 3.05) is 6.54 Å². The zero-order valence-corrected chi connectivity index (χ0v) is 12.2. The number of carbonyl (C=O) groups is 2. The van der Waals surface area contributed by atoms with Crippen molar-refractivity contribution in [1.29, 1.82) is 0 Å². The van der Waals surface area contributed by atoms with Crippen molar-refractivity contribution >= 4 is 11.9 Å². The van der Waals surface area contributed by atoms with Gasteiger partial charge in [-0.25, -0.2) is 4.79 Å². The van der Waals surface area contributed by atoms with Crippen LogP contribution in [0.25, 0.3) is 0 Å². The summed E-state index contributed by atoms with van der Waals surface area (Å²) in [6, 6.07) is 1.31. The Bertz CT molecular complexity index is 476.